The van der Waals surface area contributed by atoms with E-state index in [4.69, 9.17) is 4.74 Å². The maximum Gasteiger partial charge on any atom is 0.414 e. The number of nitrogens with one attached hydrogen (secondary N) is 1. The summed E-state index contributed by atoms with van der Waals surface area (Å²) in [4.78, 5) is 26.7. The summed E-state index contributed by atoms with van der Waals surface area (Å²) in [5, 5.41) is 14.2. The molecule has 1 aromatic heterocycles. The van der Waals surface area contributed by atoms with Gasteiger partial charge in [0.1, 0.15) is 11.9 Å². The number of halogens is 1. The minimum atomic E-state index is -0.534. The third-order valence-corrected chi connectivity index (χ3v) is 6.18. The van der Waals surface area contributed by atoms with Gasteiger partial charge in [-0.05, 0) is 45.9 Å². The second kappa shape index (κ2) is 6.92. The monoisotopic (exact) mass is 415 g/mol. The predicted molar refractivity (Wildman–Crippen MR) is 103 cm³/mol. The summed E-state index contributed by atoms with van der Waals surface area (Å²) < 4.78 is 21.8. The number of carbonyl (C=O) groups excluding carboxylic acids is 2. The van der Waals surface area contributed by atoms with Gasteiger partial charge in [-0.25, -0.2) is 13.9 Å². The number of tetrazole rings is 1. The Bertz CT molecular complexity index is 1000. The van der Waals surface area contributed by atoms with E-state index in [1.165, 1.54) is 17.9 Å². The predicted octanol–water partition coefficient (Wildman–Crippen LogP) is 0.660. The van der Waals surface area contributed by atoms with Crippen molar-refractivity contribution in [3.05, 3.63) is 29.6 Å². The van der Waals surface area contributed by atoms with Crippen molar-refractivity contribution >= 4 is 23.6 Å². The van der Waals surface area contributed by atoms with Gasteiger partial charge in [0.05, 0.1) is 18.8 Å². The van der Waals surface area contributed by atoms with Crippen molar-refractivity contribution < 1.29 is 18.7 Å². The first-order valence-electron chi connectivity index (χ1n) is 9.91. The third-order valence-electron chi connectivity index (χ3n) is 6.18. The fourth-order valence-corrected chi connectivity index (χ4v) is 4.69. The molecule has 1 N–H and O–H groups in total. The smallest absolute Gasteiger partial charge is 0.414 e. The summed E-state index contributed by atoms with van der Waals surface area (Å²) >= 11 is 0. The Labute approximate surface area is 172 Å². The Kier molecular flexibility index (Phi) is 4.33. The normalized spacial score (nSPS) is 27.2. The number of carbonyl (C=O) groups is 2. The molecule has 0 spiro atoms. The summed E-state index contributed by atoms with van der Waals surface area (Å²) in [5.74, 6) is 1.16. The molecule has 5 rings (SSSR count). The number of hydrogen-bond acceptors (Lipinski definition) is 7. The topological polar surface area (TPSA) is 105 Å². The van der Waals surface area contributed by atoms with Gasteiger partial charge in [-0.3, -0.25) is 9.69 Å². The van der Waals surface area contributed by atoms with Crippen LogP contribution in [0, 0.1) is 17.7 Å². The Hall–Kier alpha value is -3.24. The van der Waals surface area contributed by atoms with Crippen LogP contribution in [0.1, 0.15) is 18.4 Å². The summed E-state index contributed by atoms with van der Waals surface area (Å²) in [7, 11) is 1.80. The minimum Gasteiger partial charge on any atom is -0.442 e. The van der Waals surface area contributed by atoms with Crippen LogP contribution in [0.5, 0.6) is 0 Å². The molecule has 11 heteroatoms. The Morgan fingerprint density at radius 2 is 2.07 bits per heavy atom. The molecule has 30 heavy (non-hydrogen) atoms. The lowest BCUT2D eigenvalue weighted by Gasteiger charge is -2.20. The van der Waals surface area contributed by atoms with Crippen molar-refractivity contribution in [2.45, 2.75) is 18.9 Å². The molecule has 4 atom stereocenters. The molecule has 3 aliphatic rings. The number of amides is 2. The van der Waals surface area contributed by atoms with E-state index in [2.05, 4.69) is 25.7 Å². The lowest BCUT2D eigenvalue weighted by atomic mass is 10.1. The molecule has 1 saturated carbocycles. The number of piperidine rings is 1. The number of aryl methyl sites for hydroxylation is 1. The number of cyclic esters (lactones) is 1. The Morgan fingerprint density at radius 3 is 2.70 bits per heavy atom. The van der Waals surface area contributed by atoms with E-state index in [1.54, 1.807) is 23.9 Å². The van der Waals surface area contributed by atoms with Crippen molar-refractivity contribution in [1.82, 2.24) is 25.5 Å². The minimum absolute atomic E-state index is 0.175. The van der Waals surface area contributed by atoms with Crippen LogP contribution in [0.4, 0.5) is 20.8 Å². The van der Waals surface area contributed by atoms with Gasteiger partial charge in [0.2, 0.25) is 11.9 Å². The molecule has 2 saturated heterocycles. The summed E-state index contributed by atoms with van der Waals surface area (Å²) in [5.41, 5.74) is 1.15. The molecule has 1 aromatic carbocycles. The molecule has 1 aliphatic carbocycles. The summed E-state index contributed by atoms with van der Waals surface area (Å²) in [6, 6.07) is 4.94. The number of anilines is 2. The van der Waals surface area contributed by atoms with Crippen molar-refractivity contribution in [1.29, 1.82) is 0 Å². The van der Waals surface area contributed by atoms with Gasteiger partial charge in [0.25, 0.3) is 0 Å². The molecule has 0 radical (unpaired) electrons. The summed E-state index contributed by atoms with van der Waals surface area (Å²) in [6.07, 6.45) is -0.985. The van der Waals surface area contributed by atoms with Gasteiger partial charge in [-0.1, -0.05) is 11.2 Å². The van der Waals surface area contributed by atoms with Gasteiger partial charge in [-0.2, -0.15) is 0 Å². The van der Waals surface area contributed by atoms with E-state index in [9.17, 15) is 14.0 Å². The molecule has 2 aliphatic heterocycles. The number of aromatic nitrogens is 4. The highest BCUT2D eigenvalue weighted by atomic mass is 19.1. The molecule has 10 nitrogen and oxygen atoms in total. The van der Waals surface area contributed by atoms with Crippen LogP contribution in [0.2, 0.25) is 0 Å². The quantitative estimate of drug-likeness (QED) is 0.765. The van der Waals surface area contributed by atoms with Crippen molar-refractivity contribution in [3.8, 4) is 0 Å². The van der Waals surface area contributed by atoms with Crippen LogP contribution in [0.15, 0.2) is 18.2 Å². The zero-order valence-corrected chi connectivity index (χ0v) is 16.7. The second-order valence-electron chi connectivity index (χ2n) is 8.12. The van der Waals surface area contributed by atoms with E-state index in [0.717, 1.165) is 19.0 Å². The number of benzene rings is 1. The second-order valence-corrected chi connectivity index (χ2v) is 8.12. The third kappa shape index (κ3) is 3.14. The number of hydrogen-bond donors (Lipinski definition) is 1. The highest BCUT2D eigenvalue weighted by molar-refractivity contribution is 5.89. The number of ether oxygens (including phenoxy) is 1. The first-order valence-corrected chi connectivity index (χ1v) is 9.91. The van der Waals surface area contributed by atoms with Gasteiger partial charge >= 0.3 is 6.09 Å². The molecule has 2 amide bonds. The zero-order valence-electron chi connectivity index (χ0n) is 16.7. The fourth-order valence-electron chi connectivity index (χ4n) is 4.69. The first kappa shape index (κ1) is 18.8. The van der Waals surface area contributed by atoms with Crippen LogP contribution >= 0.6 is 0 Å². The van der Waals surface area contributed by atoms with Crippen molar-refractivity contribution in [3.63, 3.8) is 0 Å². The molecular weight excluding hydrogens is 393 g/mol. The largest absolute Gasteiger partial charge is 0.442 e. The van der Waals surface area contributed by atoms with Crippen LogP contribution in [0.3, 0.4) is 0 Å². The van der Waals surface area contributed by atoms with E-state index in [0.29, 0.717) is 23.1 Å². The van der Waals surface area contributed by atoms with Crippen LogP contribution in [-0.4, -0.2) is 64.5 Å². The number of rotatable bonds is 5. The lowest BCUT2D eigenvalue weighted by molar-refractivity contribution is -0.119. The number of nitrogens with zero attached hydrogens (tertiary/aromatic N) is 6. The van der Waals surface area contributed by atoms with Gasteiger partial charge in [0.15, 0.2) is 0 Å². The molecule has 3 fully saturated rings. The average Bonchev–Trinajstić information content (AvgIpc) is 3.10. The van der Waals surface area contributed by atoms with Crippen LogP contribution in [-0.2, 0) is 16.6 Å². The van der Waals surface area contributed by atoms with E-state index >= 15 is 0 Å². The Balaban J connectivity index is 1.24. The van der Waals surface area contributed by atoms with E-state index < -0.39 is 12.2 Å². The van der Waals surface area contributed by atoms with E-state index in [1.807, 2.05) is 0 Å². The van der Waals surface area contributed by atoms with Crippen molar-refractivity contribution in [2.75, 3.05) is 36.0 Å². The highest BCUT2D eigenvalue weighted by Gasteiger charge is 2.57. The molecule has 3 heterocycles. The van der Waals surface area contributed by atoms with Crippen LogP contribution < -0.4 is 15.1 Å². The molecule has 0 bridgehead atoms. The molecule has 2 aromatic rings. The van der Waals surface area contributed by atoms with Gasteiger partial charge in [-0.15, -0.1) is 0 Å². The first-order chi connectivity index (χ1) is 14.4. The standard InChI is InChI=1S/C19H22FN7O3/c1-10(28)21-6-12-7-27(19(29)30-12)11-3-4-13(16(20)5-11)17-14-8-26(9-15(14)17)18-22-23-24-25(18)2/h3-5,12,14-15,17H,6-9H2,1-2H3,(H,21,28)/t12-,14-,15+,17?/m0/s1. The zero-order chi connectivity index (χ0) is 21.0. The molecular formula is C19H22FN7O3. The number of fused-ring (bicyclic) bond motifs is 1. The average molecular weight is 415 g/mol. The van der Waals surface area contributed by atoms with Crippen LogP contribution in [0.25, 0.3) is 0 Å². The lowest BCUT2D eigenvalue weighted by Crippen LogP contribution is -2.33. The summed E-state index contributed by atoms with van der Waals surface area (Å²) in [6.45, 7) is 3.51. The van der Waals surface area contributed by atoms with Gasteiger partial charge < -0.3 is 15.0 Å². The van der Waals surface area contributed by atoms with Crippen molar-refractivity contribution in [2.24, 2.45) is 18.9 Å². The maximum atomic E-state index is 14.9. The fraction of sp³-hybridized carbons (Fsp3) is 0.526. The highest BCUT2D eigenvalue weighted by Crippen LogP contribution is 2.59. The van der Waals surface area contributed by atoms with Gasteiger partial charge in [0, 0.05) is 27.1 Å². The SMILES string of the molecule is CC(=O)NC[C@H]1CN(c2ccc(C3[C@H]4CN(c5nnnn5C)C[C@@H]34)c(F)c2)C(=O)O1. The Morgan fingerprint density at radius 1 is 1.30 bits per heavy atom. The molecule has 1 unspecified atom stereocenters. The maximum absolute atomic E-state index is 14.9. The van der Waals surface area contributed by atoms with E-state index in [-0.39, 0.29) is 30.7 Å². The molecule has 158 valence electrons.